The van der Waals surface area contributed by atoms with Crippen molar-refractivity contribution in [1.29, 1.82) is 0 Å². The molecule has 0 unspecified atom stereocenters. The second-order valence-electron chi connectivity index (χ2n) is 4.32. The number of hydrogen-bond donors (Lipinski definition) is 2. The van der Waals surface area contributed by atoms with Gasteiger partial charge in [0, 0.05) is 12.1 Å². The first-order valence-corrected chi connectivity index (χ1v) is 6.20. The van der Waals surface area contributed by atoms with Gasteiger partial charge in [-0.2, -0.15) is 0 Å². The minimum absolute atomic E-state index is 0.00104. The normalized spacial score (nSPS) is 10.2. The van der Waals surface area contributed by atoms with E-state index in [0.29, 0.717) is 13.1 Å². The first kappa shape index (κ1) is 14.5. The number of carbonyl (C=O) groups excluding carboxylic acids is 1. The van der Waals surface area contributed by atoms with Gasteiger partial charge in [0.1, 0.15) is 5.75 Å². The lowest BCUT2D eigenvalue weighted by Crippen LogP contribution is -2.33. The molecule has 0 heterocycles. The van der Waals surface area contributed by atoms with Crippen LogP contribution in [0.3, 0.4) is 0 Å². The van der Waals surface area contributed by atoms with Crippen molar-refractivity contribution in [3.8, 4) is 5.75 Å². The molecule has 0 spiro atoms. The van der Waals surface area contributed by atoms with E-state index in [1.54, 1.807) is 7.11 Å². The fraction of sp³-hybridized carbons (Fsp3) is 0.500. The summed E-state index contributed by atoms with van der Waals surface area (Å²) in [7, 11) is 1.65. The molecule has 0 atom stereocenters. The summed E-state index contributed by atoms with van der Waals surface area (Å²) in [4.78, 5) is 11.5. The van der Waals surface area contributed by atoms with Gasteiger partial charge in [-0.1, -0.05) is 13.0 Å². The summed E-state index contributed by atoms with van der Waals surface area (Å²) in [6.07, 6.45) is 0. The van der Waals surface area contributed by atoms with Gasteiger partial charge < -0.3 is 15.4 Å². The third-order valence-corrected chi connectivity index (χ3v) is 2.79. The van der Waals surface area contributed by atoms with Gasteiger partial charge in [0.05, 0.1) is 13.7 Å². The van der Waals surface area contributed by atoms with E-state index in [0.717, 1.165) is 29.0 Å². The maximum Gasteiger partial charge on any atom is 0.234 e. The summed E-state index contributed by atoms with van der Waals surface area (Å²) in [6.45, 7) is 7.67. The van der Waals surface area contributed by atoms with Crippen molar-refractivity contribution in [2.75, 3.05) is 20.2 Å². The molecule has 18 heavy (non-hydrogen) atoms. The highest BCUT2D eigenvalue weighted by Crippen LogP contribution is 2.23. The Morgan fingerprint density at radius 1 is 1.33 bits per heavy atom. The zero-order chi connectivity index (χ0) is 13.5. The molecule has 1 rings (SSSR count). The van der Waals surface area contributed by atoms with Gasteiger partial charge in [0.25, 0.3) is 0 Å². The van der Waals surface area contributed by atoms with Crippen LogP contribution < -0.4 is 15.4 Å². The van der Waals surface area contributed by atoms with Gasteiger partial charge in [0.15, 0.2) is 0 Å². The van der Waals surface area contributed by atoms with E-state index in [2.05, 4.69) is 16.7 Å². The number of hydrogen-bond acceptors (Lipinski definition) is 3. The molecule has 1 aromatic carbocycles. The number of likely N-dealkylation sites (N-methyl/N-ethyl adjacent to an activating group) is 1. The Labute approximate surface area is 109 Å². The number of aryl methyl sites for hydroxylation is 2. The lowest BCUT2D eigenvalue weighted by molar-refractivity contribution is -0.120. The average molecular weight is 250 g/mol. The van der Waals surface area contributed by atoms with Gasteiger partial charge in [-0.05, 0) is 37.6 Å². The number of methoxy groups -OCH3 is 1. The van der Waals surface area contributed by atoms with Gasteiger partial charge in [-0.25, -0.2) is 0 Å². The van der Waals surface area contributed by atoms with Crippen molar-refractivity contribution in [3.63, 3.8) is 0 Å². The topological polar surface area (TPSA) is 50.4 Å². The molecule has 2 N–H and O–H groups in total. The van der Waals surface area contributed by atoms with Crippen LogP contribution >= 0.6 is 0 Å². The summed E-state index contributed by atoms with van der Waals surface area (Å²) in [6, 6.07) is 4.08. The molecule has 0 saturated carbocycles. The second kappa shape index (κ2) is 7.01. The summed E-state index contributed by atoms with van der Waals surface area (Å²) in [5, 5.41) is 5.88. The number of rotatable bonds is 6. The van der Waals surface area contributed by atoms with Crippen molar-refractivity contribution in [1.82, 2.24) is 10.6 Å². The first-order valence-electron chi connectivity index (χ1n) is 6.20. The predicted octanol–water partition coefficient (Wildman–Crippen LogP) is 1.54. The van der Waals surface area contributed by atoms with E-state index in [9.17, 15) is 4.79 Å². The number of nitrogens with one attached hydrogen (secondary N) is 2. The monoisotopic (exact) mass is 250 g/mol. The third-order valence-electron chi connectivity index (χ3n) is 2.79. The fourth-order valence-corrected chi connectivity index (χ4v) is 1.86. The van der Waals surface area contributed by atoms with Gasteiger partial charge in [-0.15, -0.1) is 0 Å². The molecule has 100 valence electrons. The van der Waals surface area contributed by atoms with E-state index in [1.807, 2.05) is 26.8 Å². The van der Waals surface area contributed by atoms with E-state index in [1.165, 1.54) is 0 Å². The largest absolute Gasteiger partial charge is 0.496 e. The zero-order valence-electron chi connectivity index (χ0n) is 11.6. The summed E-state index contributed by atoms with van der Waals surface area (Å²) in [5.74, 6) is 0.829. The number of ether oxygens (including phenoxy) is 1. The molecular weight excluding hydrogens is 228 g/mol. The predicted molar refractivity (Wildman–Crippen MR) is 72.9 cm³/mol. The molecule has 0 aromatic heterocycles. The molecule has 0 bridgehead atoms. The standard InChI is InChI=1S/C14H22N2O2/c1-5-15-9-14(17)16-8-12-11(3)6-10(2)7-13(12)18-4/h6-7,15H,5,8-9H2,1-4H3,(H,16,17). The lowest BCUT2D eigenvalue weighted by atomic mass is 10.0. The van der Waals surface area contributed by atoms with E-state index < -0.39 is 0 Å². The highest BCUT2D eigenvalue weighted by atomic mass is 16.5. The summed E-state index contributed by atoms with van der Waals surface area (Å²) < 4.78 is 5.35. The summed E-state index contributed by atoms with van der Waals surface area (Å²) >= 11 is 0. The van der Waals surface area contributed by atoms with Crippen LogP contribution in [0.4, 0.5) is 0 Å². The lowest BCUT2D eigenvalue weighted by Gasteiger charge is -2.14. The molecule has 1 aromatic rings. The number of carbonyl (C=O) groups is 1. The number of benzene rings is 1. The molecular formula is C14H22N2O2. The molecule has 4 heteroatoms. The van der Waals surface area contributed by atoms with Crippen molar-refractivity contribution in [2.45, 2.75) is 27.3 Å². The Morgan fingerprint density at radius 3 is 2.67 bits per heavy atom. The quantitative estimate of drug-likeness (QED) is 0.805. The molecule has 4 nitrogen and oxygen atoms in total. The van der Waals surface area contributed by atoms with Crippen molar-refractivity contribution in [3.05, 3.63) is 28.8 Å². The fourth-order valence-electron chi connectivity index (χ4n) is 1.86. The van der Waals surface area contributed by atoms with Crippen LogP contribution in [0.1, 0.15) is 23.6 Å². The van der Waals surface area contributed by atoms with E-state index >= 15 is 0 Å². The van der Waals surface area contributed by atoms with Crippen LogP contribution in [-0.2, 0) is 11.3 Å². The highest BCUT2D eigenvalue weighted by molar-refractivity contribution is 5.78. The smallest absolute Gasteiger partial charge is 0.234 e. The Hall–Kier alpha value is -1.55. The molecule has 1 amide bonds. The molecule has 0 aliphatic rings. The van der Waals surface area contributed by atoms with Crippen LogP contribution in [-0.4, -0.2) is 26.1 Å². The highest BCUT2D eigenvalue weighted by Gasteiger charge is 2.09. The Kier molecular flexibility index (Phi) is 5.65. The third kappa shape index (κ3) is 4.04. The van der Waals surface area contributed by atoms with Crippen molar-refractivity contribution < 1.29 is 9.53 Å². The Morgan fingerprint density at radius 2 is 2.06 bits per heavy atom. The molecule has 0 saturated heterocycles. The van der Waals surface area contributed by atoms with Gasteiger partial charge in [-0.3, -0.25) is 4.79 Å². The first-order chi connectivity index (χ1) is 8.58. The average Bonchev–Trinajstić information content (AvgIpc) is 2.34. The van der Waals surface area contributed by atoms with Crippen molar-refractivity contribution >= 4 is 5.91 Å². The second-order valence-corrected chi connectivity index (χ2v) is 4.32. The minimum Gasteiger partial charge on any atom is -0.496 e. The van der Waals surface area contributed by atoms with E-state index in [-0.39, 0.29) is 5.91 Å². The van der Waals surface area contributed by atoms with Crippen molar-refractivity contribution in [2.24, 2.45) is 0 Å². The van der Waals surface area contributed by atoms with Crippen LogP contribution in [0.15, 0.2) is 12.1 Å². The molecule has 0 aliphatic heterocycles. The molecule has 0 radical (unpaired) electrons. The van der Waals surface area contributed by atoms with Gasteiger partial charge in [0.2, 0.25) is 5.91 Å². The van der Waals surface area contributed by atoms with Crippen LogP contribution in [0.2, 0.25) is 0 Å². The number of amides is 1. The van der Waals surface area contributed by atoms with Crippen LogP contribution in [0.25, 0.3) is 0 Å². The minimum atomic E-state index is -0.00104. The van der Waals surface area contributed by atoms with Crippen LogP contribution in [0, 0.1) is 13.8 Å². The zero-order valence-corrected chi connectivity index (χ0v) is 11.6. The van der Waals surface area contributed by atoms with E-state index in [4.69, 9.17) is 4.74 Å². The molecule has 0 aliphatic carbocycles. The Bertz CT molecular complexity index is 417. The summed E-state index contributed by atoms with van der Waals surface area (Å²) in [5.41, 5.74) is 3.33. The maximum absolute atomic E-state index is 11.5. The van der Waals surface area contributed by atoms with Gasteiger partial charge >= 0.3 is 0 Å². The van der Waals surface area contributed by atoms with Crippen LogP contribution in [0.5, 0.6) is 5.75 Å². The maximum atomic E-state index is 11.5. The Balaban J connectivity index is 2.69. The SMILES string of the molecule is CCNCC(=O)NCc1c(C)cc(C)cc1OC. The molecule has 0 fully saturated rings.